The number of para-hydroxylation sites is 1. The molecule has 1 saturated heterocycles. The number of benzene rings is 2. The SMILES string of the molecule is O=C(NCCOc1ccccc1)C1CCN(S(=O)(=O)Cc2ccc(Cl)c(Cl)c2)CC1. The number of sulfonamides is 1. The molecular weight excluding hydrogens is 447 g/mol. The molecule has 0 bridgehead atoms. The first-order chi connectivity index (χ1) is 14.3. The number of halogens is 2. The van der Waals surface area contributed by atoms with Crippen LogP contribution in [0.4, 0.5) is 0 Å². The first kappa shape index (κ1) is 22.9. The van der Waals surface area contributed by atoms with Crippen molar-refractivity contribution in [3.05, 3.63) is 64.1 Å². The van der Waals surface area contributed by atoms with Gasteiger partial charge in [0.1, 0.15) is 12.4 Å². The van der Waals surface area contributed by atoms with Crippen molar-refractivity contribution in [3.8, 4) is 5.75 Å². The summed E-state index contributed by atoms with van der Waals surface area (Å²) in [6.45, 7) is 1.43. The molecule has 1 fully saturated rings. The van der Waals surface area contributed by atoms with E-state index in [0.29, 0.717) is 54.7 Å². The molecule has 2 aromatic carbocycles. The minimum atomic E-state index is -3.49. The van der Waals surface area contributed by atoms with Gasteiger partial charge in [0, 0.05) is 19.0 Å². The normalized spacial score (nSPS) is 15.7. The summed E-state index contributed by atoms with van der Waals surface area (Å²) in [5.41, 5.74) is 0.586. The van der Waals surface area contributed by atoms with Crippen LogP contribution in [0.25, 0.3) is 0 Å². The van der Waals surface area contributed by atoms with Gasteiger partial charge in [-0.1, -0.05) is 47.5 Å². The largest absolute Gasteiger partial charge is 0.492 e. The Morgan fingerprint density at radius 3 is 2.43 bits per heavy atom. The summed E-state index contributed by atoms with van der Waals surface area (Å²) in [6, 6.07) is 14.2. The van der Waals surface area contributed by atoms with Gasteiger partial charge in [0.05, 0.1) is 22.3 Å². The van der Waals surface area contributed by atoms with Gasteiger partial charge in [-0.05, 0) is 42.7 Å². The van der Waals surface area contributed by atoms with E-state index in [1.807, 2.05) is 30.3 Å². The first-order valence-electron chi connectivity index (χ1n) is 9.72. The molecule has 1 aliphatic heterocycles. The molecule has 6 nitrogen and oxygen atoms in total. The molecule has 0 spiro atoms. The zero-order valence-electron chi connectivity index (χ0n) is 16.4. The average molecular weight is 471 g/mol. The molecule has 0 aromatic heterocycles. The van der Waals surface area contributed by atoms with E-state index in [1.165, 1.54) is 4.31 Å². The predicted octanol–water partition coefficient (Wildman–Crippen LogP) is 3.73. The average Bonchev–Trinajstić information content (AvgIpc) is 2.74. The number of hydrogen-bond acceptors (Lipinski definition) is 4. The zero-order valence-corrected chi connectivity index (χ0v) is 18.7. The highest BCUT2D eigenvalue weighted by Gasteiger charge is 2.31. The Labute approximate surface area is 187 Å². The van der Waals surface area contributed by atoms with Crippen molar-refractivity contribution in [1.82, 2.24) is 9.62 Å². The standard InChI is InChI=1S/C21H24Cl2N2O4S/c22-19-7-6-16(14-20(19)23)15-30(27,28)25-11-8-17(9-12-25)21(26)24-10-13-29-18-4-2-1-3-5-18/h1-7,14,17H,8-13,15H2,(H,24,26). The van der Waals surface area contributed by atoms with E-state index in [-0.39, 0.29) is 17.6 Å². The van der Waals surface area contributed by atoms with Gasteiger partial charge in [-0.25, -0.2) is 12.7 Å². The molecule has 2 aromatic rings. The minimum absolute atomic E-state index is 0.0619. The summed E-state index contributed by atoms with van der Waals surface area (Å²) in [5, 5.41) is 3.59. The maximum absolute atomic E-state index is 12.7. The zero-order chi connectivity index (χ0) is 21.6. The van der Waals surface area contributed by atoms with Crippen molar-refractivity contribution >= 4 is 39.1 Å². The molecule has 0 unspecified atom stereocenters. The summed E-state index contributed by atoms with van der Waals surface area (Å²) in [7, 11) is -3.49. The van der Waals surface area contributed by atoms with Gasteiger partial charge in [0.25, 0.3) is 0 Å². The number of piperidine rings is 1. The Morgan fingerprint density at radius 2 is 1.77 bits per heavy atom. The van der Waals surface area contributed by atoms with E-state index >= 15 is 0 Å². The summed E-state index contributed by atoms with van der Waals surface area (Å²) in [5.74, 6) is 0.357. The third-order valence-corrected chi connectivity index (χ3v) is 7.55. The van der Waals surface area contributed by atoms with Crippen molar-refractivity contribution in [2.75, 3.05) is 26.2 Å². The van der Waals surface area contributed by atoms with Crippen molar-refractivity contribution < 1.29 is 17.9 Å². The van der Waals surface area contributed by atoms with Gasteiger partial charge >= 0.3 is 0 Å². The maximum atomic E-state index is 12.7. The number of amides is 1. The molecule has 9 heteroatoms. The number of hydrogen-bond donors (Lipinski definition) is 1. The topological polar surface area (TPSA) is 75.7 Å². The molecule has 0 atom stereocenters. The van der Waals surface area contributed by atoms with Crippen molar-refractivity contribution in [1.29, 1.82) is 0 Å². The number of ether oxygens (including phenoxy) is 1. The van der Waals surface area contributed by atoms with Crippen LogP contribution in [0, 0.1) is 5.92 Å². The molecule has 1 amide bonds. The van der Waals surface area contributed by atoms with Crippen LogP contribution in [0.15, 0.2) is 48.5 Å². The fraction of sp³-hybridized carbons (Fsp3) is 0.381. The number of nitrogens with one attached hydrogen (secondary N) is 1. The Hall–Kier alpha value is -1.80. The number of rotatable bonds is 8. The summed E-state index contributed by atoms with van der Waals surface area (Å²) >= 11 is 11.9. The highest BCUT2D eigenvalue weighted by molar-refractivity contribution is 7.88. The summed E-state index contributed by atoms with van der Waals surface area (Å²) < 4.78 is 32.4. The van der Waals surface area contributed by atoms with Crippen LogP contribution < -0.4 is 10.1 Å². The molecule has 3 rings (SSSR count). The van der Waals surface area contributed by atoms with Gasteiger partial charge in [-0.3, -0.25) is 4.79 Å². The molecule has 0 radical (unpaired) electrons. The van der Waals surface area contributed by atoms with Gasteiger partial charge in [-0.2, -0.15) is 0 Å². The molecule has 0 saturated carbocycles. The Kier molecular flexibility index (Phi) is 7.99. The van der Waals surface area contributed by atoms with E-state index in [4.69, 9.17) is 27.9 Å². The van der Waals surface area contributed by atoms with Crippen LogP contribution in [0.2, 0.25) is 10.0 Å². The molecular formula is C21H24Cl2N2O4S. The predicted molar refractivity (Wildman–Crippen MR) is 118 cm³/mol. The Balaban J connectivity index is 1.42. The third-order valence-electron chi connectivity index (χ3n) is 4.96. The fourth-order valence-corrected chi connectivity index (χ4v) is 5.20. The Morgan fingerprint density at radius 1 is 1.07 bits per heavy atom. The summed E-state index contributed by atoms with van der Waals surface area (Å²) in [6.07, 6.45) is 0.984. The number of carbonyl (C=O) groups is 1. The fourth-order valence-electron chi connectivity index (χ4n) is 3.33. The lowest BCUT2D eigenvalue weighted by atomic mass is 9.97. The van der Waals surface area contributed by atoms with Gasteiger partial charge in [0.2, 0.25) is 15.9 Å². The highest BCUT2D eigenvalue weighted by atomic mass is 35.5. The lowest BCUT2D eigenvalue weighted by Crippen LogP contribution is -2.43. The Bertz CT molecular complexity index is 962. The smallest absolute Gasteiger partial charge is 0.223 e. The van der Waals surface area contributed by atoms with E-state index < -0.39 is 10.0 Å². The number of carbonyl (C=O) groups excluding carboxylic acids is 1. The molecule has 1 heterocycles. The molecule has 0 aliphatic carbocycles. The second-order valence-electron chi connectivity index (χ2n) is 7.13. The van der Waals surface area contributed by atoms with E-state index in [2.05, 4.69) is 5.32 Å². The number of nitrogens with zero attached hydrogens (tertiary/aromatic N) is 1. The molecule has 1 N–H and O–H groups in total. The van der Waals surface area contributed by atoms with Crippen molar-refractivity contribution in [2.45, 2.75) is 18.6 Å². The van der Waals surface area contributed by atoms with Crippen LogP contribution in [-0.4, -0.2) is 44.9 Å². The second kappa shape index (κ2) is 10.5. The van der Waals surface area contributed by atoms with Crippen molar-refractivity contribution in [3.63, 3.8) is 0 Å². The quantitative estimate of drug-likeness (QED) is 0.596. The minimum Gasteiger partial charge on any atom is -0.492 e. The van der Waals surface area contributed by atoms with E-state index in [1.54, 1.807) is 18.2 Å². The van der Waals surface area contributed by atoms with E-state index in [9.17, 15) is 13.2 Å². The first-order valence-corrected chi connectivity index (χ1v) is 12.1. The van der Waals surface area contributed by atoms with Crippen molar-refractivity contribution in [2.24, 2.45) is 5.92 Å². The summed E-state index contributed by atoms with van der Waals surface area (Å²) in [4.78, 5) is 12.4. The van der Waals surface area contributed by atoms with Crippen LogP contribution >= 0.6 is 23.2 Å². The lowest BCUT2D eigenvalue weighted by Gasteiger charge is -2.30. The third kappa shape index (κ3) is 6.35. The monoisotopic (exact) mass is 470 g/mol. The van der Waals surface area contributed by atoms with Gasteiger partial charge < -0.3 is 10.1 Å². The van der Waals surface area contributed by atoms with E-state index in [0.717, 1.165) is 5.75 Å². The maximum Gasteiger partial charge on any atom is 0.223 e. The second-order valence-corrected chi connectivity index (χ2v) is 9.91. The molecule has 162 valence electrons. The molecule has 30 heavy (non-hydrogen) atoms. The van der Waals surface area contributed by atoms with Crippen LogP contribution in [-0.2, 0) is 20.6 Å². The van der Waals surface area contributed by atoms with Crippen LogP contribution in [0.1, 0.15) is 18.4 Å². The van der Waals surface area contributed by atoms with Crippen LogP contribution in [0.3, 0.4) is 0 Å². The highest BCUT2D eigenvalue weighted by Crippen LogP contribution is 2.26. The van der Waals surface area contributed by atoms with Gasteiger partial charge in [-0.15, -0.1) is 0 Å². The lowest BCUT2D eigenvalue weighted by molar-refractivity contribution is -0.126. The molecule has 1 aliphatic rings. The van der Waals surface area contributed by atoms with Gasteiger partial charge in [0.15, 0.2) is 0 Å². The van der Waals surface area contributed by atoms with Crippen LogP contribution in [0.5, 0.6) is 5.75 Å².